The second kappa shape index (κ2) is 19.3. The lowest BCUT2D eigenvalue weighted by Crippen LogP contribution is -2.54. The normalized spacial score (nSPS) is 17.2. The number of thiazole rings is 1. The van der Waals surface area contributed by atoms with Crippen molar-refractivity contribution >= 4 is 67.9 Å². The van der Waals surface area contributed by atoms with Crippen LogP contribution >= 0.6 is 34.5 Å². The van der Waals surface area contributed by atoms with Crippen molar-refractivity contribution < 1.29 is 22.8 Å². The van der Waals surface area contributed by atoms with E-state index >= 15 is 0 Å². The van der Waals surface area contributed by atoms with E-state index in [4.69, 9.17) is 23.2 Å². The van der Waals surface area contributed by atoms with Crippen LogP contribution in [0, 0.1) is 31.1 Å². The Morgan fingerprint density at radius 3 is 2.21 bits per heavy atom. The van der Waals surface area contributed by atoms with Gasteiger partial charge in [0.2, 0.25) is 28.2 Å². The third-order valence-electron chi connectivity index (χ3n) is 7.03. The molecular formula is C33H43Cl2N5O5S2. The molecule has 0 radical (unpaired) electrons. The highest BCUT2D eigenvalue weighted by Gasteiger charge is 2.42. The standard InChI is InChI=1S/C23H28Cl2N4O2S.C4H7NO3S.C2H4.2C2H2/c1-23(2,3)19(21(31)29-10-4-5-18(29)20(30)26-14-7-8-14)28-22-27-17(12-32-22)15-9-6-13(24)11-16(15)25;6-3-5-9(7,8)4-1-2-4;3*1-2/h6,9,11-12,14,18-19H,4-5,7-8,10H2,1-3H3,(H,26,30)(H,27,28);3-4H,1-2H2,(H,5,6);1-2H2;2*1-2H/t18-,19+;;;;/m0..../s1. The number of hydrogen-bond acceptors (Lipinski definition) is 8. The zero-order valence-electron chi connectivity index (χ0n) is 26.9. The van der Waals surface area contributed by atoms with Gasteiger partial charge < -0.3 is 15.5 Å². The number of sulfonamides is 1. The SMILES string of the molecule is C#C.C#C.C=C.CC(C)(C)[C@H](Nc1nc(-c2ccc(Cl)cc2Cl)cs1)C(=O)N1CCC[C@H]1C(=O)NC1CC1.O=CNS(=O)(=O)C1CC1. The van der Waals surface area contributed by atoms with Crippen molar-refractivity contribution in [1.82, 2.24) is 19.9 Å². The Bertz CT molecular complexity index is 1490. The summed E-state index contributed by atoms with van der Waals surface area (Å²) in [6.07, 6.45) is 21.2. The molecule has 0 bridgehead atoms. The highest BCUT2D eigenvalue weighted by Crippen LogP contribution is 2.35. The van der Waals surface area contributed by atoms with E-state index in [-0.39, 0.29) is 34.9 Å². The highest BCUT2D eigenvalue weighted by atomic mass is 35.5. The van der Waals surface area contributed by atoms with E-state index in [1.165, 1.54) is 11.3 Å². The summed E-state index contributed by atoms with van der Waals surface area (Å²) in [6.45, 7) is 12.6. The zero-order chi connectivity index (χ0) is 35.9. The monoisotopic (exact) mass is 723 g/mol. The van der Waals surface area contributed by atoms with Crippen LogP contribution in [0.5, 0.6) is 0 Å². The van der Waals surface area contributed by atoms with Gasteiger partial charge in [0.1, 0.15) is 12.1 Å². The number of amides is 3. The second-order valence-corrected chi connectivity index (χ2v) is 15.3. The lowest BCUT2D eigenvalue weighted by Gasteiger charge is -2.35. The minimum Gasteiger partial charge on any atom is -0.352 e. The van der Waals surface area contributed by atoms with Crippen molar-refractivity contribution in [2.24, 2.45) is 5.41 Å². The van der Waals surface area contributed by atoms with Gasteiger partial charge in [-0.15, -0.1) is 50.2 Å². The first-order valence-electron chi connectivity index (χ1n) is 14.7. The number of aromatic nitrogens is 1. The molecule has 3 aliphatic rings. The first-order chi connectivity index (χ1) is 22.3. The third-order valence-corrected chi connectivity index (χ3v) is 10.1. The molecule has 3 fully saturated rings. The van der Waals surface area contributed by atoms with E-state index in [0.717, 1.165) is 30.5 Å². The number of terminal acetylenes is 2. The molecule has 0 unspecified atom stereocenters. The van der Waals surface area contributed by atoms with Crippen LogP contribution in [-0.2, 0) is 24.4 Å². The van der Waals surface area contributed by atoms with Crippen LogP contribution in [0.4, 0.5) is 5.13 Å². The van der Waals surface area contributed by atoms with Gasteiger partial charge in [0.15, 0.2) is 5.13 Å². The Hall–Kier alpha value is -3.55. The van der Waals surface area contributed by atoms with Crippen molar-refractivity contribution in [1.29, 1.82) is 0 Å². The molecule has 1 aliphatic heterocycles. The number of likely N-dealkylation sites (tertiary alicyclic amines) is 1. The van der Waals surface area contributed by atoms with Gasteiger partial charge in [-0.1, -0.05) is 44.0 Å². The van der Waals surface area contributed by atoms with Crippen molar-refractivity contribution in [3.8, 4) is 37.0 Å². The number of anilines is 1. The number of carbonyl (C=O) groups excluding carboxylic acids is 3. The molecule has 14 heteroatoms. The zero-order valence-corrected chi connectivity index (χ0v) is 30.0. The van der Waals surface area contributed by atoms with Crippen molar-refractivity contribution in [3.63, 3.8) is 0 Å². The minimum atomic E-state index is -3.26. The van der Waals surface area contributed by atoms with Crippen LogP contribution in [0.3, 0.4) is 0 Å². The topological polar surface area (TPSA) is 138 Å². The predicted octanol–water partition coefficient (Wildman–Crippen LogP) is 5.74. The summed E-state index contributed by atoms with van der Waals surface area (Å²) in [5, 5.41) is 9.73. The first-order valence-corrected chi connectivity index (χ1v) is 17.9. The predicted molar refractivity (Wildman–Crippen MR) is 193 cm³/mol. The van der Waals surface area contributed by atoms with E-state index in [0.29, 0.717) is 41.0 Å². The molecule has 10 nitrogen and oxygen atoms in total. The maximum absolute atomic E-state index is 13.6. The molecule has 3 amide bonds. The number of halogens is 2. The summed E-state index contributed by atoms with van der Waals surface area (Å²) >= 11 is 13.8. The van der Waals surface area contributed by atoms with Crippen LogP contribution in [0.2, 0.25) is 10.0 Å². The van der Waals surface area contributed by atoms with Crippen molar-refractivity contribution in [3.05, 3.63) is 46.8 Å². The second-order valence-electron chi connectivity index (χ2n) is 11.6. The Morgan fingerprint density at radius 2 is 1.70 bits per heavy atom. The molecule has 2 aliphatic carbocycles. The van der Waals surface area contributed by atoms with Crippen LogP contribution in [0.25, 0.3) is 11.3 Å². The van der Waals surface area contributed by atoms with Gasteiger partial charge >= 0.3 is 0 Å². The Morgan fingerprint density at radius 1 is 1.09 bits per heavy atom. The average Bonchev–Trinajstić information content (AvgIpc) is 3.96. The number of nitrogens with one attached hydrogen (secondary N) is 3. The smallest absolute Gasteiger partial charge is 0.246 e. The van der Waals surface area contributed by atoms with Gasteiger partial charge in [-0.05, 0) is 62.1 Å². The van der Waals surface area contributed by atoms with Gasteiger partial charge in [0.05, 0.1) is 16.0 Å². The number of rotatable bonds is 9. The fraction of sp³-hybridized carbons (Fsp3) is 0.455. The molecule has 256 valence electrons. The number of benzene rings is 1. The summed E-state index contributed by atoms with van der Waals surface area (Å²) < 4.78 is 23.1. The van der Waals surface area contributed by atoms with Gasteiger partial charge in [-0.2, -0.15) is 0 Å². The van der Waals surface area contributed by atoms with Crippen LogP contribution < -0.4 is 15.4 Å². The van der Waals surface area contributed by atoms with Crippen LogP contribution in [0.15, 0.2) is 36.7 Å². The van der Waals surface area contributed by atoms with E-state index in [1.54, 1.807) is 21.8 Å². The summed E-state index contributed by atoms with van der Waals surface area (Å²) in [6, 6.07) is 4.67. The maximum atomic E-state index is 13.6. The van der Waals surface area contributed by atoms with E-state index in [9.17, 15) is 22.8 Å². The molecule has 1 aromatic heterocycles. The van der Waals surface area contributed by atoms with Crippen LogP contribution in [0.1, 0.15) is 59.3 Å². The molecule has 47 heavy (non-hydrogen) atoms. The Balaban J connectivity index is 0.000000620. The molecular weight excluding hydrogens is 681 g/mol. The molecule has 2 saturated carbocycles. The molecule has 0 spiro atoms. The van der Waals surface area contributed by atoms with Crippen LogP contribution in [-0.4, -0.2) is 66.4 Å². The summed E-state index contributed by atoms with van der Waals surface area (Å²) in [5.41, 5.74) is 1.14. The molecule has 2 aromatic rings. The fourth-order valence-corrected chi connectivity index (χ4v) is 6.80. The summed E-state index contributed by atoms with van der Waals surface area (Å²) in [7, 11) is -3.26. The number of nitrogens with zero attached hydrogens (tertiary/aromatic N) is 2. The number of hydrogen-bond donors (Lipinski definition) is 3. The quantitative estimate of drug-likeness (QED) is 0.171. The number of carbonyl (C=O) groups is 3. The van der Waals surface area contributed by atoms with E-state index < -0.39 is 22.1 Å². The third kappa shape index (κ3) is 12.5. The highest BCUT2D eigenvalue weighted by molar-refractivity contribution is 7.90. The van der Waals surface area contributed by atoms with E-state index in [2.05, 4.69) is 54.5 Å². The van der Waals surface area contributed by atoms with E-state index in [1.807, 2.05) is 32.2 Å². The maximum Gasteiger partial charge on any atom is 0.246 e. The lowest BCUT2D eigenvalue weighted by atomic mass is 9.85. The van der Waals surface area contributed by atoms with Gasteiger partial charge in [-0.3, -0.25) is 19.1 Å². The molecule has 1 saturated heterocycles. The average molecular weight is 725 g/mol. The molecule has 2 heterocycles. The Labute approximate surface area is 293 Å². The van der Waals surface area contributed by atoms with Gasteiger partial charge in [-0.25, -0.2) is 13.4 Å². The van der Waals surface area contributed by atoms with Crippen molar-refractivity contribution in [2.45, 2.75) is 82.7 Å². The lowest BCUT2D eigenvalue weighted by molar-refractivity contribution is -0.140. The Kier molecular flexibility index (Phi) is 17.0. The first kappa shape index (κ1) is 41.5. The molecule has 3 N–H and O–H groups in total. The largest absolute Gasteiger partial charge is 0.352 e. The molecule has 1 aromatic carbocycles. The van der Waals surface area contributed by atoms with Gasteiger partial charge in [0.25, 0.3) is 0 Å². The summed E-state index contributed by atoms with van der Waals surface area (Å²) in [4.78, 5) is 42.4. The molecule has 5 rings (SSSR count). The minimum absolute atomic E-state index is 0.0278. The fourth-order valence-electron chi connectivity index (χ4n) is 4.47. The summed E-state index contributed by atoms with van der Waals surface area (Å²) in [5.74, 6) is -0.0906. The molecule has 2 atom stereocenters. The van der Waals surface area contributed by atoms with Crippen molar-refractivity contribution in [2.75, 3.05) is 11.9 Å². The van der Waals surface area contributed by atoms with Gasteiger partial charge in [0, 0.05) is 28.6 Å².